The molecule has 0 aliphatic carbocycles. The van der Waals surface area contributed by atoms with E-state index in [2.05, 4.69) is 152 Å². The fraction of sp³-hybridized carbons (Fsp3) is 0.768. The molecule has 394 valence electrons. The molecule has 4 bridgehead atoms. The van der Waals surface area contributed by atoms with Gasteiger partial charge in [0.05, 0.1) is 18.5 Å². The van der Waals surface area contributed by atoms with Gasteiger partial charge in [0.2, 0.25) is 23.6 Å². The molecule has 14 heteroatoms. The highest BCUT2D eigenvalue weighted by atomic mass is 16.2. The Bertz CT molecular complexity index is 1850. The van der Waals surface area contributed by atoms with Gasteiger partial charge in [-0.3, -0.25) is 38.8 Å². The van der Waals surface area contributed by atoms with E-state index in [-0.39, 0.29) is 57.9 Å². The molecule has 0 saturated carbocycles. The quantitative estimate of drug-likeness (QED) is 0.258. The van der Waals surface area contributed by atoms with Crippen molar-refractivity contribution in [1.82, 2.24) is 44.1 Å². The van der Waals surface area contributed by atoms with Crippen LogP contribution in [-0.2, 0) is 19.2 Å². The summed E-state index contributed by atoms with van der Waals surface area (Å²) in [6.07, 6.45) is 15.5. The van der Waals surface area contributed by atoms with Crippen molar-refractivity contribution in [1.29, 1.82) is 5.26 Å². The largest absolute Gasteiger partial charge is 0.377 e. The van der Waals surface area contributed by atoms with Crippen molar-refractivity contribution in [2.24, 2.45) is 0 Å². The monoisotopic (exact) mass is 973 g/mol. The summed E-state index contributed by atoms with van der Waals surface area (Å²) in [7, 11) is 0. The number of nitrogens with zero attached hydrogens (tertiary/aromatic N) is 10. The Labute approximate surface area is 425 Å². The predicted molar refractivity (Wildman–Crippen MR) is 285 cm³/mol. The van der Waals surface area contributed by atoms with E-state index in [0.717, 1.165) is 78.3 Å². The molecule has 4 unspecified atom stereocenters. The molecule has 0 N–H and O–H groups in total. The molecule has 0 radical (unpaired) electrons. The summed E-state index contributed by atoms with van der Waals surface area (Å²) in [5.41, 5.74) is 0.671. The molecular formula is C56H96N10O4. The SMILES string of the molecule is C=CC(=O)N1C2CCC1CN(C(C)(C)C)C2.C=CC(=O)N1CC2CCC(C1)N2C(C)(C)C.C=CC(=O)N1C[C@@H](C)N(C(C)(C)C)C[C@@H]1C.CC(C)(C)N1CCN(C(=O)/C=C/N2CCCC2)[C@@H](CC#N)C1. The van der Waals surface area contributed by atoms with Gasteiger partial charge in [-0.1, -0.05) is 19.7 Å². The number of hydrogen-bond donors (Lipinski definition) is 0. The molecule has 0 aromatic rings. The van der Waals surface area contributed by atoms with Crippen molar-refractivity contribution < 1.29 is 19.2 Å². The Morgan fingerprint density at radius 2 is 1.06 bits per heavy atom. The standard InChI is InChI=1S/C17H28N4O.2C13H22N2O.C13H24N2O/c1-17(2,3)20-12-13-21(15(14-20)6-8-18)16(22)7-11-19-9-4-5-10-19;1-5-12(16)15-10-6-7-11(15)9-14(8-10)13(2,3)4;1-5-12(16)14-8-10-6-7-11(9-14)15(10)13(2,3)4;1-7-12(16)14-8-11(3)15(9-10(14)2)13(4,5)6/h7,11,15H,4-6,9-10,12-14H2,1-3H3;2*5,10-11H,1,6-9H2,2-4H3;7,10-11H,1,8-9H2,2-6H3/b11-7+;;;/t15-;;;10-,11+/m0..0/s1. The predicted octanol–water partition coefficient (Wildman–Crippen LogP) is 7.01. The van der Waals surface area contributed by atoms with E-state index in [0.29, 0.717) is 43.2 Å². The molecular weight excluding hydrogens is 877 g/mol. The van der Waals surface area contributed by atoms with E-state index in [1.54, 1.807) is 6.08 Å². The lowest BCUT2D eigenvalue weighted by molar-refractivity contribution is -0.134. The smallest absolute Gasteiger partial charge is 0.248 e. The maximum absolute atomic E-state index is 12.5. The Balaban J connectivity index is 0.000000205. The number of amides is 4. The van der Waals surface area contributed by atoms with Gasteiger partial charge in [-0.2, -0.15) is 5.26 Å². The molecule has 70 heavy (non-hydrogen) atoms. The minimum Gasteiger partial charge on any atom is -0.377 e. The van der Waals surface area contributed by atoms with Crippen LogP contribution in [0.2, 0.25) is 0 Å². The Kier molecular flexibility index (Phi) is 20.6. The number of carbonyl (C=O) groups excluding carboxylic acids is 4. The second-order valence-corrected chi connectivity index (χ2v) is 24.8. The number of fused-ring (bicyclic) bond motifs is 4. The number of likely N-dealkylation sites (tertiary alicyclic amines) is 3. The van der Waals surface area contributed by atoms with Crippen LogP contribution in [0.4, 0.5) is 0 Å². The molecule has 0 aromatic heterocycles. The third kappa shape index (κ3) is 15.5. The first kappa shape index (κ1) is 58.5. The van der Waals surface area contributed by atoms with Gasteiger partial charge in [0, 0.05) is 143 Å². The van der Waals surface area contributed by atoms with Gasteiger partial charge in [-0.25, -0.2) is 0 Å². The molecule has 0 spiro atoms. The van der Waals surface area contributed by atoms with Gasteiger partial charge < -0.3 is 24.5 Å². The normalized spacial score (nSPS) is 27.9. The first-order chi connectivity index (χ1) is 32.5. The van der Waals surface area contributed by atoms with Gasteiger partial charge in [0.25, 0.3) is 0 Å². The lowest BCUT2D eigenvalue weighted by Gasteiger charge is -2.49. The molecule has 7 saturated heterocycles. The van der Waals surface area contributed by atoms with Crippen LogP contribution in [0.5, 0.6) is 0 Å². The Morgan fingerprint density at radius 1 is 0.543 bits per heavy atom. The fourth-order valence-electron chi connectivity index (χ4n) is 11.9. The van der Waals surface area contributed by atoms with Crippen LogP contribution in [0.25, 0.3) is 0 Å². The second kappa shape index (κ2) is 24.6. The van der Waals surface area contributed by atoms with Crippen molar-refractivity contribution in [2.45, 2.75) is 206 Å². The van der Waals surface area contributed by atoms with E-state index in [9.17, 15) is 19.2 Å². The van der Waals surface area contributed by atoms with Gasteiger partial charge in [-0.05, 0) is 154 Å². The number of nitriles is 1. The molecule has 7 rings (SSSR count). The van der Waals surface area contributed by atoms with Crippen LogP contribution < -0.4 is 0 Å². The topological polar surface area (TPSA) is 121 Å². The van der Waals surface area contributed by atoms with Crippen LogP contribution in [0.15, 0.2) is 50.2 Å². The average molecular weight is 973 g/mol. The van der Waals surface area contributed by atoms with E-state index in [4.69, 9.17) is 5.26 Å². The lowest BCUT2D eigenvalue weighted by atomic mass is 9.98. The summed E-state index contributed by atoms with van der Waals surface area (Å²) in [5.74, 6) is 0.292. The molecule has 7 heterocycles. The van der Waals surface area contributed by atoms with Crippen LogP contribution >= 0.6 is 0 Å². The number of rotatable bonds is 6. The van der Waals surface area contributed by atoms with Crippen LogP contribution in [0.1, 0.15) is 142 Å². The lowest BCUT2D eigenvalue weighted by Crippen LogP contribution is -2.62. The molecule has 7 fully saturated rings. The van der Waals surface area contributed by atoms with Gasteiger partial charge in [-0.15, -0.1) is 0 Å². The van der Waals surface area contributed by atoms with Crippen molar-refractivity contribution >= 4 is 23.6 Å². The molecule has 14 nitrogen and oxygen atoms in total. The third-order valence-electron chi connectivity index (χ3n) is 15.5. The zero-order valence-corrected chi connectivity index (χ0v) is 46.4. The number of hydrogen-bond acceptors (Lipinski definition) is 10. The third-order valence-corrected chi connectivity index (χ3v) is 15.5. The minimum atomic E-state index is -0.00583. The highest BCUT2D eigenvalue weighted by Gasteiger charge is 2.46. The molecule has 4 amide bonds. The number of carbonyl (C=O) groups is 4. The first-order valence-corrected chi connectivity index (χ1v) is 26.5. The summed E-state index contributed by atoms with van der Waals surface area (Å²) in [5, 5.41) is 9.08. The maximum Gasteiger partial charge on any atom is 0.248 e. The fourth-order valence-corrected chi connectivity index (χ4v) is 11.9. The Hall–Kier alpha value is -4.03. The highest BCUT2D eigenvalue weighted by Crippen LogP contribution is 2.36. The van der Waals surface area contributed by atoms with Gasteiger partial charge in [0.1, 0.15) is 0 Å². The maximum atomic E-state index is 12.5. The van der Waals surface area contributed by atoms with Crippen molar-refractivity contribution in [2.75, 3.05) is 72.0 Å². The molecule has 7 aliphatic rings. The summed E-state index contributed by atoms with van der Waals surface area (Å²) < 4.78 is 0. The number of piperazine rings is 4. The second-order valence-electron chi connectivity index (χ2n) is 24.8. The van der Waals surface area contributed by atoms with Crippen LogP contribution in [0, 0.1) is 11.3 Å². The van der Waals surface area contributed by atoms with Crippen LogP contribution in [-0.4, -0.2) is 204 Å². The summed E-state index contributed by atoms with van der Waals surface area (Å²) in [6.45, 7) is 51.7. The minimum absolute atomic E-state index is 0.00583. The van der Waals surface area contributed by atoms with Crippen molar-refractivity contribution in [3.63, 3.8) is 0 Å². The van der Waals surface area contributed by atoms with E-state index in [1.807, 2.05) is 20.9 Å². The molecule has 7 atom stereocenters. The first-order valence-electron chi connectivity index (χ1n) is 26.5. The van der Waals surface area contributed by atoms with E-state index >= 15 is 0 Å². The van der Waals surface area contributed by atoms with Crippen molar-refractivity contribution in [3.8, 4) is 6.07 Å². The molecule has 7 aliphatic heterocycles. The Morgan fingerprint density at radius 3 is 1.51 bits per heavy atom. The highest BCUT2D eigenvalue weighted by molar-refractivity contribution is 5.89. The van der Waals surface area contributed by atoms with Gasteiger partial charge in [0.15, 0.2) is 0 Å². The zero-order valence-electron chi connectivity index (χ0n) is 46.4. The summed E-state index contributed by atoms with van der Waals surface area (Å²) >= 11 is 0. The van der Waals surface area contributed by atoms with Crippen molar-refractivity contribution in [3.05, 3.63) is 50.2 Å². The van der Waals surface area contributed by atoms with E-state index in [1.165, 1.54) is 43.9 Å². The molecule has 0 aromatic carbocycles. The van der Waals surface area contributed by atoms with Gasteiger partial charge >= 0.3 is 0 Å². The summed E-state index contributed by atoms with van der Waals surface area (Å²) in [6, 6.07) is 4.80. The zero-order chi connectivity index (χ0) is 52.5. The van der Waals surface area contributed by atoms with E-state index < -0.39 is 0 Å². The average Bonchev–Trinajstić information content (AvgIpc) is 3.99. The van der Waals surface area contributed by atoms with Crippen LogP contribution in [0.3, 0.4) is 0 Å². The summed E-state index contributed by atoms with van der Waals surface area (Å²) in [4.78, 5) is 67.5.